The Balaban J connectivity index is 2.10. The van der Waals surface area contributed by atoms with Crippen molar-refractivity contribution in [2.24, 2.45) is 0 Å². The normalized spacial score (nSPS) is 15.3. The number of hydrogen-bond acceptors (Lipinski definition) is 2. The van der Waals surface area contributed by atoms with Crippen molar-refractivity contribution in [1.82, 2.24) is 0 Å². The van der Waals surface area contributed by atoms with Crippen LogP contribution in [0.15, 0.2) is 24.3 Å². The summed E-state index contributed by atoms with van der Waals surface area (Å²) in [6.07, 6.45) is 3.80. The summed E-state index contributed by atoms with van der Waals surface area (Å²) in [7, 11) is 0. The molecule has 0 bridgehead atoms. The molecule has 2 nitrogen and oxygen atoms in total. The fourth-order valence-electron chi connectivity index (χ4n) is 3.47. The Morgan fingerprint density at radius 3 is 1.11 bits per heavy atom. The molecule has 2 aliphatic carbocycles. The molecule has 90 valence electrons. The summed E-state index contributed by atoms with van der Waals surface area (Å²) in [5.41, 5.74) is 7.65. The van der Waals surface area contributed by atoms with Crippen LogP contribution in [0.5, 0.6) is 11.5 Å². The highest BCUT2D eigenvalue weighted by Crippen LogP contribution is 2.45. The minimum absolute atomic E-state index is 0.384. The van der Waals surface area contributed by atoms with E-state index in [2.05, 4.69) is 0 Å². The molecule has 0 saturated carbocycles. The maximum atomic E-state index is 9.77. The quantitative estimate of drug-likeness (QED) is 0.740. The summed E-state index contributed by atoms with van der Waals surface area (Å²) in [5, 5.41) is 19.5. The third kappa shape index (κ3) is 1.23. The SMILES string of the molecule is Oc1cc2c3c(c1)CCc1cc(O)cc(c1-3)CC2. The van der Waals surface area contributed by atoms with Crippen LogP contribution >= 0.6 is 0 Å². The summed E-state index contributed by atoms with van der Waals surface area (Å²) in [5.74, 6) is 0.767. The number of aromatic hydroxyl groups is 2. The minimum atomic E-state index is 0.384. The van der Waals surface area contributed by atoms with Crippen LogP contribution in [0.25, 0.3) is 11.1 Å². The van der Waals surface area contributed by atoms with Gasteiger partial charge < -0.3 is 10.2 Å². The topological polar surface area (TPSA) is 40.5 Å². The van der Waals surface area contributed by atoms with E-state index < -0.39 is 0 Å². The summed E-state index contributed by atoms with van der Waals surface area (Å²) in [6.45, 7) is 0. The highest BCUT2D eigenvalue weighted by atomic mass is 16.3. The number of hydrogen-bond donors (Lipinski definition) is 2. The number of phenolic OH excluding ortho intramolecular Hbond substituents is 2. The van der Waals surface area contributed by atoms with Gasteiger partial charge in [0.15, 0.2) is 0 Å². The first kappa shape index (κ1) is 10.0. The Labute approximate surface area is 106 Å². The molecule has 0 heterocycles. The van der Waals surface area contributed by atoms with E-state index in [1.165, 1.54) is 33.4 Å². The van der Waals surface area contributed by atoms with Crippen LogP contribution in [-0.4, -0.2) is 10.2 Å². The second kappa shape index (κ2) is 3.29. The Kier molecular flexibility index (Phi) is 1.83. The van der Waals surface area contributed by atoms with Gasteiger partial charge in [-0.15, -0.1) is 0 Å². The largest absolute Gasteiger partial charge is 0.508 e. The Bertz CT molecular complexity index is 561. The zero-order valence-corrected chi connectivity index (χ0v) is 10.0. The van der Waals surface area contributed by atoms with Gasteiger partial charge in [-0.2, -0.15) is 0 Å². The van der Waals surface area contributed by atoms with Gasteiger partial charge in [-0.3, -0.25) is 0 Å². The van der Waals surface area contributed by atoms with E-state index in [0.29, 0.717) is 11.5 Å². The van der Waals surface area contributed by atoms with E-state index in [1.807, 2.05) is 24.3 Å². The fraction of sp³-hybridized carbons (Fsp3) is 0.250. The molecule has 2 aromatic carbocycles. The molecule has 2 aromatic rings. The van der Waals surface area contributed by atoms with Crippen LogP contribution in [0, 0.1) is 0 Å². The molecule has 0 aliphatic heterocycles. The third-order valence-corrected chi connectivity index (χ3v) is 4.15. The minimum Gasteiger partial charge on any atom is -0.508 e. The van der Waals surface area contributed by atoms with E-state index in [9.17, 15) is 10.2 Å². The van der Waals surface area contributed by atoms with Crippen LogP contribution in [-0.2, 0) is 25.7 Å². The van der Waals surface area contributed by atoms with Crippen LogP contribution in [0.3, 0.4) is 0 Å². The van der Waals surface area contributed by atoms with Crippen LogP contribution < -0.4 is 0 Å². The maximum Gasteiger partial charge on any atom is 0.116 e. The molecule has 0 atom stereocenters. The second-order valence-corrected chi connectivity index (χ2v) is 5.28. The standard InChI is InChI=1S/C16H14O2/c17-13-5-9-1-2-10-6-14(18)8-12-4-3-11(7-13)15(9)16(10)12/h5-8,17-18H,1-4H2. The first-order chi connectivity index (χ1) is 8.72. The predicted octanol–water partition coefficient (Wildman–Crippen LogP) is 2.96. The number of rotatable bonds is 0. The average molecular weight is 238 g/mol. The van der Waals surface area contributed by atoms with Gasteiger partial charge in [0, 0.05) is 0 Å². The van der Waals surface area contributed by atoms with Gasteiger partial charge in [0.05, 0.1) is 0 Å². The van der Waals surface area contributed by atoms with Crippen molar-refractivity contribution in [2.75, 3.05) is 0 Å². The molecule has 0 saturated heterocycles. The van der Waals surface area contributed by atoms with E-state index in [1.54, 1.807) is 0 Å². The van der Waals surface area contributed by atoms with Crippen molar-refractivity contribution < 1.29 is 10.2 Å². The summed E-state index contributed by atoms with van der Waals surface area (Å²) in [4.78, 5) is 0. The van der Waals surface area contributed by atoms with Gasteiger partial charge in [-0.25, -0.2) is 0 Å². The lowest BCUT2D eigenvalue weighted by atomic mass is 9.75. The molecular weight excluding hydrogens is 224 g/mol. The molecule has 18 heavy (non-hydrogen) atoms. The maximum absolute atomic E-state index is 9.77. The van der Waals surface area contributed by atoms with Gasteiger partial charge in [-0.1, -0.05) is 0 Å². The number of phenols is 2. The number of aryl methyl sites for hydroxylation is 4. The van der Waals surface area contributed by atoms with Crippen LogP contribution in [0.2, 0.25) is 0 Å². The molecule has 2 aliphatic rings. The van der Waals surface area contributed by atoms with Crippen LogP contribution in [0.4, 0.5) is 0 Å². The molecule has 4 rings (SSSR count). The highest BCUT2D eigenvalue weighted by molar-refractivity contribution is 5.82. The first-order valence-corrected chi connectivity index (χ1v) is 6.42. The zero-order chi connectivity index (χ0) is 12.3. The van der Waals surface area contributed by atoms with Crippen molar-refractivity contribution in [2.45, 2.75) is 25.7 Å². The van der Waals surface area contributed by atoms with Crippen molar-refractivity contribution in [1.29, 1.82) is 0 Å². The van der Waals surface area contributed by atoms with Gasteiger partial charge in [-0.05, 0) is 83.3 Å². The first-order valence-electron chi connectivity index (χ1n) is 6.42. The highest BCUT2D eigenvalue weighted by Gasteiger charge is 2.26. The van der Waals surface area contributed by atoms with Crippen molar-refractivity contribution in [3.63, 3.8) is 0 Å². The summed E-state index contributed by atoms with van der Waals surface area (Å²) in [6, 6.07) is 7.57. The van der Waals surface area contributed by atoms with E-state index in [0.717, 1.165) is 25.7 Å². The van der Waals surface area contributed by atoms with Crippen LogP contribution in [0.1, 0.15) is 22.3 Å². The lowest BCUT2D eigenvalue weighted by molar-refractivity contribution is 0.471. The van der Waals surface area contributed by atoms with E-state index >= 15 is 0 Å². The molecule has 0 fully saturated rings. The Morgan fingerprint density at radius 1 is 0.556 bits per heavy atom. The Morgan fingerprint density at radius 2 is 0.833 bits per heavy atom. The molecule has 2 N–H and O–H groups in total. The summed E-state index contributed by atoms with van der Waals surface area (Å²) >= 11 is 0. The van der Waals surface area contributed by atoms with Gasteiger partial charge >= 0.3 is 0 Å². The lowest BCUT2D eigenvalue weighted by Crippen LogP contribution is -2.13. The Hall–Kier alpha value is -1.96. The van der Waals surface area contributed by atoms with Gasteiger partial charge in [0.1, 0.15) is 11.5 Å². The smallest absolute Gasteiger partial charge is 0.116 e. The molecule has 2 heteroatoms. The number of benzene rings is 2. The monoisotopic (exact) mass is 238 g/mol. The van der Waals surface area contributed by atoms with Crippen molar-refractivity contribution in [3.05, 3.63) is 46.5 Å². The lowest BCUT2D eigenvalue weighted by Gasteiger charge is -2.29. The average Bonchev–Trinajstić information content (AvgIpc) is 2.34. The molecule has 0 spiro atoms. The molecule has 0 unspecified atom stereocenters. The summed E-state index contributed by atoms with van der Waals surface area (Å²) < 4.78 is 0. The van der Waals surface area contributed by atoms with E-state index in [-0.39, 0.29) is 0 Å². The predicted molar refractivity (Wildman–Crippen MR) is 70.0 cm³/mol. The second-order valence-electron chi connectivity index (χ2n) is 5.28. The molecule has 0 amide bonds. The molecular formula is C16H14O2. The third-order valence-electron chi connectivity index (χ3n) is 4.15. The fourth-order valence-corrected chi connectivity index (χ4v) is 3.47. The van der Waals surface area contributed by atoms with Gasteiger partial charge in [0.25, 0.3) is 0 Å². The van der Waals surface area contributed by atoms with Crippen molar-refractivity contribution >= 4 is 0 Å². The van der Waals surface area contributed by atoms with E-state index in [4.69, 9.17) is 0 Å². The van der Waals surface area contributed by atoms with Gasteiger partial charge in [0.2, 0.25) is 0 Å². The van der Waals surface area contributed by atoms with Crippen molar-refractivity contribution in [3.8, 4) is 22.6 Å². The zero-order valence-electron chi connectivity index (χ0n) is 10.0. The molecule has 0 aromatic heterocycles. The molecule has 0 radical (unpaired) electrons.